The van der Waals surface area contributed by atoms with Crippen molar-refractivity contribution < 1.29 is 13.2 Å². The van der Waals surface area contributed by atoms with Crippen LogP contribution >= 0.6 is 0 Å². The van der Waals surface area contributed by atoms with Gasteiger partial charge in [-0.3, -0.25) is 9.80 Å². The number of benzene rings is 1. The van der Waals surface area contributed by atoms with Crippen molar-refractivity contribution in [3.05, 3.63) is 35.4 Å². The molecular weight excluding hydrogens is 267 g/mol. The third-order valence-corrected chi connectivity index (χ3v) is 3.57. The first-order valence-corrected chi connectivity index (χ1v) is 6.80. The van der Waals surface area contributed by atoms with E-state index in [-0.39, 0.29) is 0 Å². The summed E-state index contributed by atoms with van der Waals surface area (Å²) in [6.07, 6.45) is -4.27. The molecule has 112 valence electrons. The molecule has 0 atom stereocenters. The predicted octanol–water partition coefficient (Wildman–Crippen LogP) is 1.78. The van der Waals surface area contributed by atoms with Gasteiger partial charge in [-0.25, -0.2) is 0 Å². The zero-order valence-electron chi connectivity index (χ0n) is 11.4. The fraction of sp³-hybridized carbons (Fsp3) is 0.571. The molecule has 20 heavy (non-hydrogen) atoms. The largest absolute Gasteiger partial charge is 0.416 e. The van der Waals surface area contributed by atoms with Gasteiger partial charge in [0.25, 0.3) is 0 Å². The fourth-order valence-electron chi connectivity index (χ4n) is 2.46. The predicted molar refractivity (Wildman–Crippen MR) is 72.2 cm³/mol. The van der Waals surface area contributed by atoms with E-state index in [0.29, 0.717) is 18.7 Å². The van der Waals surface area contributed by atoms with Crippen LogP contribution in [0.1, 0.15) is 11.1 Å². The summed E-state index contributed by atoms with van der Waals surface area (Å²) in [5.74, 6) is 0. The standard InChI is InChI=1S/C14H20F3N3/c15-14(16,17)13-3-1-2-12(10-13)11-20-8-6-19(5-4-18)7-9-20/h1-3,10H,4-9,11,18H2. The molecule has 0 spiro atoms. The lowest BCUT2D eigenvalue weighted by molar-refractivity contribution is -0.137. The van der Waals surface area contributed by atoms with Gasteiger partial charge in [-0.05, 0) is 11.6 Å². The summed E-state index contributed by atoms with van der Waals surface area (Å²) in [6, 6.07) is 5.58. The molecule has 3 nitrogen and oxygen atoms in total. The van der Waals surface area contributed by atoms with E-state index in [0.717, 1.165) is 38.8 Å². The molecule has 2 rings (SSSR count). The van der Waals surface area contributed by atoms with E-state index in [1.807, 2.05) is 0 Å². The first-order chi connectivity index (χ1) is 9.49. The van der Waals surface area contributed by atoms with E-state index in [2.05, 4.69) is 9.80 Å². The molecule has 1 saturated heterocycles. The summed E-state index contributed by atoms with van der Waals surface area (Å²) in [6.45, 7) is 5.70. The van der Waals surface area contributed by atoms with Gasteiger partial charge in [-0.15, -0.1) is 0 Å². The van der Waals surface area contributed by atoms with Crippen LogP contribution < -0.4 is 5.73 Å². The van der Waals surface area contributed by atoms with Crippen LogP contribution in [0.2, 0.25) is 0 Å². The van der Waals surface area contributed by atoms with Gasteiger partial charge < -0.3 is 5.73 Å². The topological polar surface area (TPSA) is 32.5 Å². The molecular formula is C14H20F3N3. The van der Waals surface area contributed by atoms with E-state index < -0.39 is 11.7 Å². The molecule has 1 aliphatic heterocycles. The third kappa shape index (κ3) is 4.19. The Morgan fingerprint density at radius 3 is 2.30 bits per heavy atom. The van der Waals surface area contributed by atoms with Crippen molar-refractivity contribution in [3.63, 3.8) is 0 Å². The van der Waals surface area contributed by atoms with Gasteiger partial charge in [-0.1, -0.05) is 18.2 Å². The molecule has 1 fully saturated rings. The minimum absolute atomic E-state index is 0.570. The maximum atomic E-state index is 12.7. The molecule has 0 amide bonds. The molecule has 0 unspecified atom stereocenters. The van der Waals surface area contributed by atoms with Gasteiger partial charge in [0.1, 0.15) is 0 Å². The molecule has 0 aromatic heterocycles. The normalized spacial score (nSPS) is 18.4. The van der Waals surface area contributed by atoms with Crippen LogP contribution in [0.5, 0.6) is 0 Å². The Kier molecular flexibility index (Phi) is 5.01. The van der Waals surface area contributed by atoms with Gasteiger partial charge in [0.05, 0.1) is 5.56 Å². The van der Waals surface area contributed by atoms with Crippen LogP contribution in [-0.4, -0.2) is 49.1 Å². The number of piperazine rings is 1. The van der Waals surface area contributed by atoms with Gasteiger partial charge >= 0.3 is 6.18 Å². The Bertz CT molecular complexity index is 426. The monoisotopic (exact) mass is 287 g/mol. The van der Waals surface area contributed by atoms with E-state index in [4.69, 9.17) is 5.73 Å². The summed E-state index contributed by atoms with van der Waals surface area (Å²) >= 11 is 0. The van der Waals surface area contributed by atoms with E-state index in [9.17, 15) is 13.2 Å². The highest BCUT2D eigenvalue weighted by atomic mass is 19.4. The number of halogens is 3. The average Bonchev–Trinajstić information content (AvgIpc) is 2.41. The Balaban J connectivity index is 1.91. The van der Waals surface area contributed by atoms with Crippen molar-refractivity contribution in [3.8, 4) is 0 Å². The Labute approximate surface area is 117 Å². The summed E-state index contributed by atoms with van der Waals surface area (Å²) in [5.41, 5.74) is 5.66. The van der Waals surface area contributed by atoms with Crippen molar-refractivity contribution in [1.29, 1.82) is 0 Å². The van der Waals surface area contributed by atoms with Crippen LogP contribution in [0.3, 0.4) is 0 Å². The Hall–Kier alpha value is -1.11. The Morgan fingerprint density at radius 1 is 1.05 bits per heavy atom. The molecule has 0 aliphatic carbocycles. The van der Waals surface area contributed by atoms with Gasteiger partial charge in [-0.2, -0.15) is 13.2 Å². The first kappa shape index (κ1) is 15.3. The minimum Gasteiger partial charge on any atom is -0.329 e. The quantitative estimate of drug-likeness (QED) is 0.916. The van der Waals surface area contributed by atoms with E-state index >= 15 is 0 Å². The van der Waals surface area contributed by atoms with Gasteiger partial charge in [0.2, 0.25) is 0 Å². The molecule has 6 heteroatoms. The molecule has 0 radical (unpaired) electrons. The SMILES string of the molecule is NCCN1CCN(Cc2cccc(C(F)(F)F)c2)CC1. The van der Waals surface area contributed by atoms with Gasteiger partial charge in [0.15, 0.2) is 0 Å². The summed E-state index contributed by atoms with van der Waals surface area (Å²) in [5, 5.41) is 0. The zero-order chi connectivity index (χ0) is 14.6. The zero-order valence-corrected chi connectivity index (χ0v) is 11.4. The highest BCUT2D eigenvalue weighted by Crippen LogP contribution is 2.29. The lowest BCUT2D eigenvalue weighted by Crippen LogP contribution is -2.47. The van der Waals surface area contributed by atoms with Crippen molar-refractivity contribution in [1.82, 2.24) is 9.80 Å². The maximum Gasteiger partial charge on any atom is 0.416 e. The van der Waals surface area contributed by atoms with Crippen molar-refractivity contribution in [2.24, 2.45) is 5.73 Å². The summed E-state index contributed by atoms with van der Waals surface area (Å²) in [4.78, 5) is 4.46. The van der Waals surface area contributed by atoms with E-state index in [1.165, 1.54) is 12.1 Å². The summed E-state index contributed by atoms with van der Waals surface area (Å²) in [7, 11) is 0. The number of nitrogens with two attached hydrogens (primary N) is 1. The van der Waals surface area contributed by atoms with Gasteiger partial charge in [0, 0.05) is 45.8 Å². The van der Waals surface area contributed by atoms with Crippen LogP contribution in [0.15, 0.2) is 24.3 Å². The van der Waals surface area contributed by atoms with Crippen LogP contribution in [0, 0.1) is 0 Å². The maximum absolute atomic E-state index is 12.7. The number of hydrogen-bond donors (Lipinski definition) is 1. The minimum atomic E-state index is -4.27. The lowest BCUT2D eigenvalue weighted by Gasteiger charge is -2.34. The molecule has 2 N–H and O–H groups in total. The van der Waals surface area contributed by atoms with Crippen molar-refractivity contribution in [2.75, 3.05) is 39.3 Å². The molecule has 1 heterocycles. The fourth-order valence-corrected chi connectivity index (χ4v) is 2.46. The molecule has 0 bridgehead atoms. The second kappa shape index (κ2) is 6.56. The smallest absolute Gasteiger partial charge is 0.329 e. The number of hydrogen-bond acceptors (Lipinski definition) is 3. The van der Waals surface area contributed by atoms with Crippen LogP contribution in [0.25, 0.3) is 0 Å². The van der Waals surface area contributed by atoms with E-state index in [1.54, 1.807) is 6.07 Å². The first-order valence-electron chi connectivity index (χ1n) is 6.80. The van der Waals surface area contributed by atoms with Crippen molar-refractivity contribution in [2.45, 2.75) is 12.7 Å². The van der Waals surface area contributed by atoms with Crippen molar-refractivity contribution >= 4 is 0 Å². The van der Waals surface area contributed by atoms with Crippen LogP contribution in [0.4, 0.5) is 13.2 Å². The molecule has 1 aromatic rings. The Morgan fingerprint density at radius 2 is 1.70 bits per heavy atom. The molecule has 0 saturated carbocycles. The highest BCUT2D eigenvalue weighted by molar-refractivity contribution is 5.25. The lowest BCUT2D eigenvalue weighted by atomic mass is 10.1. The molecule has 1 aromatic carbocycles. The second-order valence-corrected chi connectivity index (χ2v) is 5.10. The number of nitrogens with zero attached hydrogens (tertiary/aromatic N) is 2. The van der Waals surface area contributed by atoms with Crippen LogP contribution in [-0.2, 0) is 12.7 Å². The summed E-state index contributed by atoms with van der Waals surface area (Å²) < 4.78 is 38.0. The number of alkyl halides is 3. The number of rotatable bonds is 4. The third-order valence-electron chi connectivity index (χ3n) is 3.57. The molecule has 1 aliphatic rings. The average molecular weight is 287 g/mol. The second-order valence-electron chi connectivity index (χ2n) is 5.10. The highest BCUT2D eigenvalue weighted by Gasteiger charge is 2.30.